The summed E-state index contributed by atoms with van der Waals surface area (Å²) in [7, 11) is 1.08. The summed E-state index contributed by atoms with van der Waals surface area (Å²) in [5.41, 5.74) is -0.0548. The molecule has 0 N–H and O–H groups in total. The number of thioether (sulfide) groups is 1. The fraction of sp³-hybridized carbons (Fsp3) is 0.667. The van der Waals surface area contributed by atoms with Gasteiger partial charge < -0.3 is 14.0 Å². The second kappa shape index (κ2) is 4.96. The molecule has 7 heteroatoms. The van der Waals surface area contributed by atoms with Crippen LogP contribution in [-0.2, 0) is 9.31 Å². The summed E-state index contributed by atoms with van der Waals surface area (Å²) in [4.78, 5) is 8.58. The van der Waals surface area contributed by atoms with Gasteiger partial charge in [-0.05, 0) is 34.0 Å². The minimum atomic E-state index is -0.504. The van der Waals surface area contributed by atoms with Gasteiger partial charge in [-0.3, -0.25) is 0 Å². The number of ether oxygens (including phenoxy) is 1. The topological polar surface area (TPSA) is 53.5 Å². The minimum Gasteiger partial charge on any atom is -0.481 e. The Morgan fingerprint density at radius 2 is 1.79 bits per heavy atom. The molecule has 1 fully saturated rings. The van der Waals surface area contributed by atoms with Crippen LogP contribution in [0.1, 0.15) is 27.7 Å². The summed E-state index contributed by atoms with van der Waals surface area (Å²) in [6.07, 6.45) is 3.63. The lowest BCUT2D eigenvalue weighted by Crippen LogP contribution is -2.41. The SMILES string of the molecule is COc1nc(SC)ncc1B1OC(C)(C)C(C)(C)O1. The van der Waals surface area contributed by atoms with E-state index in [0.29, 0.717) is 11.0 Å². The molecule has 0 aromatic carbocycles. The van der Waals surface area contributed by atoms with Crippen molar-refractivity contribution in [3.05, 3.63) is 6.20 Å². The fourth-order valence-corrected chi connectivity index (χ4v) is 2.09. The zero-order valence-corrected chi connectivity index (χ0v) is 13.0. The Hall–Kier alpha value is -0.785. The van der Waals surface area contributed by atoms with E-state index in [2.05, 4.69) is 9.97 Å². The van der Waals surface area contributed by atoms with E-state index in [-0.39, 0.29) is 11.2 Å². The average Bonchev–Trinajstić information content (AvgIpc) is 2.57. The zero-order valence-electron chi connectivity index (χ0n) is 12.2. The molecule has 0 aliphatic carbocycles. The third kappa shape index (κ3) is 2.59. The van der Waals surface area contributed by atoms with E-state index in [4.69, 9.17) is 14.0 Å². The van der Waals surface area contributed by atoms with Crippen LogP contribution in [0, 0.1) is 0 Å². The van der Waals surface area contributed by atoms with Crippen LogP contribution in [0.25, 0.3) is 0 Å². The predicted molar refractivity (Wildman–Crippen MR) is 76.1 cm³/mol. The molecule has 19 heavy (non-hydrogen) atoms. The molecule has 0 amide bonds. The molecule has 0 bridgehead atoms. The molecular weight excluding hydrogens is 263 g/mol. The van der Waals surface area contributed by atoms with Crippen LogP contribution in [-0.4, -0.2) is 41.7 Å². The van der Waals surface area contributed by atoms with Crippen molar-refractivity contribution in [2.24, 2.45) is 0 Å². The quantitative estimate of drug-likeness (QED) is 0.476. The van der Waals surface area contributed by atoms with Gasteiger partial charge in [-0.2, -0.15) is 4.98 Å². The highest BCUT2D eigenvalue weighted by Gasteiger charge is 2.52. The van der Waals surface area contributed by atoms with Gasteiger partial charge in [0.15, 0.2) is 5.16 Å². The van der Waals surface area contributed by atoms with Crippen LogP contribution in [0.2, 0.25) is 0 Å². The van der Waals surface area contributed by atoms with Crippen LogP contribution in [0.15, 0.2) is 11.4 Å². The minimum absolute atomic E-state index is 0.388. The van der Waals surface area contributed by atoms with Crippen molar-refractivity contribution in [3.8, 4) is 5.88 Å². The van der Waals surface area contributed by atoms with Crippen LogP contribution in [0.5, 0.6) is 5.88 Å². The molecule has 5 nitrogen and oxygen atoms in total. The molecule has 1 aromatic heterocycles. The largest absolute Gasteiger partial charge is 0.502 e. The molecule has 1 saturated heterocycles. The number of methoxy groups -OCH3 is 1. The highest BCUT2D eigenvalue weighted by atomic mass is 32.2. The lowest BCUT2D eigenvalue weighted by atomic mass is 9.81. The van der Waals surface area contributed by atoms with Gasteiger partial charge >= 0.3 is 7.12 Å². The summed E-state index contributed by atoms with van der Waals surface area (Å²) in [6.45, 7) is 8.04. The summed E-state index contributed by atoms with van der Waals surface area (Å²) in [5.74, 6) is 0.498. The molecule has 104 valence electrons. The van der Waals surface area contributed by atoms with E-state index in [9.17, 15) is 0 Å². The highest BCUT2D eigenvalue weighted by Crippen LogP contribution is 2.37. The number of nitrogens with zero attached hydrogens (tertiary/aromatic N) is 2. The van der Waals surface area contributed by atoms with Crippen molar-refractivity contribution < 1.29 is 14.0 Å². The van der Waals surface area contributed by atoms with Gasteiger partial charge in [0.05, 0.1) is 23.8 Å². The van der Waals surface area contributed by atoms with Crippen LogP contribution in [0.4, 0.5) is 0 Å². The maximum Gasteiger partial charge on any atom is 0.502 e. The van der Waals surface area contributed by atoms with E-state index in [0.717, 1.165) is 5.46 Å². The first-order valence-corrected chi connectivity index (χ1v) is 7.34. The first-order valence-electron chi connectivity index (χ1n) is 6.11. The standard InChI is InChI=1S/C12H19BN2O3S/c1-11(2)12(3,4)18-13(17-11)8-7-14-10(19-6)15-9(8)16-5/h7H,1-6H3. The first kappa shape index (κ1) is 14.6. The van der Waals surface area contributed by atoms with E-state index in [1.54, 1.807) is 13.3 Å². The van der Waals surface area contributed by atoms with Gasteiger partial charge in [-0.25, -0.2) is 4.98 Å². The highest BCUT2D eigenvalue weighted by molar-refractivity contribution is 7.98. The third-order valence-electron chi connectivity index (χ3n) is 3.64. The first-order chi connectivity index (χ1) is 8.80. The van der Waals surface area contributed by atoms with E-state index in [1.807, 2.05) is 34.0 Å². The van der Waals surface area contributed by atoms with E-state index >= 15 is 0 Å². The molecular formula is C12H19BN2O3S. The summed E-state index contributed by atoms with van der Waals surface area (Å²) in [6, 6.07) is 0. The molecule has 1 aliphatic rings. The van der Waals surface area contributed by atoms with Gasteiger partial charge in [0.2, 0.25) is 5.88 Å². The lowest BCUT2D eigenvalue weighted by Gasteiger charge is -2.32. The Bertz CT molecular complexity index is 466. The van der Waals surface area contributed by atoms with Crippen molar-refractivity contribution in [2.75, 3.05) is 13.4 Å². The maximum absolute atomic E-state index is 5.98. The van der Waals surface area contributed by atoms with Crippen LogP contribution < -0.4 is 10.2 Å². The average molecular weight is 282 g/mol. The summed E-state index contributed by atoms with van der Waals surface area (Å²) >= 11 is 1.47. The molecule has 1 aromatic rings. The molecule has 1 aliphatic heterocycles. The van der Waals surface area contributed by atoms with E-state index < -0.39 is 7.12 Å². The van der Waals surface area contributed by atoms with Crippen molar-refractivity contribution >= 4 is 24.3 Å². The molecule has 0 saturated carbocycles. The van der Waals surface area contributed by atoms with Crippen LogP contribution in [0.3, 0.4) is 0 Å². The summed E-state index contributed by atoms with van der Waals surface area (Å²) < 4.78 is 17.3. The van der Waals surface area contributed by atoms with Crippen molar-refractivity contribution in [1.82, 2.24) is 9.97 Å². The maximum atomic E-state index is 5.98. The Balaban J connectivity index is 2.34. The monoisotopic (exact) mass is 282 g/mol. The third-order valence-corrected chi connectivity index (χ3v) is 4.20. The van der Waals surface area contributed by atoms with E-state index in [1.165, 1.54) is 11.8 Å². The molecule has 0 atom stereocenters. The van der Waals surface area contributed by atoms with Gasteiger partial charge in [-0.1, -0.05) is 11.8 Å². The number of aromatic nitrogens is 2. The molecule has 0 unspecified atom stereocenters. The Morgan fingerprint density at radius 3 is 2.26 bits per heavy atom. The number of hydrogen-bond donors (Lipinski definition) is 0. The lowest BCUT2D eigenvalue weighted by molar-refractivity contribution is 0.00578. The molecule has 0 radical (unpaired) electrons. The van der Waals surface area contributed by atoms with Crippen molar-refractivity contribution in [3.63, 3.8) is 0 Å². The van der Waals surface area contributed by atoms with Crippen molar-refractivity contribution in [1.29, 1.82) is 0 Å². The van der Waals surface area contributed by atoms with Gasteiger partial charge in [-0.15, -0.1) is 0 Å². The molecule has 0 spiro atoms. The number of hydrogen-bond acceptors (Lipinski definition) is 6. The van der Waals surface area contributed by atoms with Gasteiger partial charge in [0.25, 0.3) is 0 Å². The second-order valence-corrected chi connectivity index (χ2v) is 6.18. The van der Waals surface area contributed by atoms with Crippen LogP contribution >= 0.6 is 11.8 Å². The normalized spacial score (nSPS) is 20.6. The zero-order chi connectivity index (χ0) is 14.3. The van der Waals surface area contributed by atoms with Gasteiger partial charge in [0, 0.05) is 6.20 Å². The number of rotatable bonds is 3. The smallest absolute Gasteiger partial charge is 0.481 e. The Labute approximate surface area is 118 Å². The fourth-order valence-electron chi connectivity index (χ4n) is 1.75. The molecule has 2 rings (SSSR count). The molecule has 2 heterocycles. The summed E-state index contributed by atoms with van der Waals surface area (Å²) in [5, 5.41) is 0.664. The Morgan fingerprint density at radius 1 is 1.21 bits per heavy atom. The van der Waals surface area contributed by atoms with Crippen molar-refractivity contribution in [2.45, 2.75) is 44.1 Å². The van der Waals surface area contributed by atoms with Gasteiger partial charge in [0.1, 0.15) is 0 Å². The Kier molecular flexibility index (Phi) is 3.82. The second-order valence-electron chi connectivity index (χ2n) is 5.41. The predicted octanol–water partition coefficient (Wildman–Crippen LogP) is 1.51.